The van der Waals surface area contributed by atoms with Crippen molar-refractivity contribution in [3.05, 3.63) is 97.2 Å². The van der Waals surface area contributed by atoms with Crippen molar-refractivity contribution in [3.63, 3.8) is 0 Å². The van der Waals surface area contributed by atoms with Crippen LogP contribution in [-0.4, -0.2) is 110 Å². The molecule has 0 radical (unpaired) electrons. The molecular formula is C51H83O14P. The summed E-state index contributed by atoms with van der Waals surface area (Å²) in [7, 11) is -5.20. The van der Waals surface area contributed by atoms with Gasteiger partial charge in [-0.05, 0) is 77.0 Å². The minimum atomic E-state index is -5.20. The Bertz CT molecular complexity index is 1540. The summed E-state index contributed by atoms with van der Waals surface area (Å²) < 4.78 is 33.3. The number of carbonyl (C=O) groups excluding carboxylic acids is 2. The molecule has 0 spiro atoms. The number of aliphatic hydroxyl groups excluding tert-OH is 6. The third-order valence-corrected chi connectivity index (χ3v) is 11.5. The molecule has 0 heterocycles. The Morgan fingerprint density at radius 2 is 1.02 bits per heavy atom. The van der Waals surface area contributed by atoms with Gasteiger partial charge >= 0.3 is 19.8 Å². The Balaban J connectivity index is 2.59. The molecule has 1 rings (SSSR count). The summed E-state index contributed by atoms with van der Waals surface area (Å²) in [5.74, 6) is -1.40. The van der Waals surface area contributed by atoms with Gasteiger partial charge in [0, 0.05) is 12.8 Å². The Labute approximate surface area is 394 Å². The molecule has 376 valence electrons. The zero-order valence-corrected chi connectivity index (χ0v) is 40.4. The predicted octanol–water partition coefficient (Wildman–Crippen LogP) is 8.80. The lowest BCUT2D eigenvalue weighted by atomic mass is 9.85. The highest BCUT2D eigenvalue weighted by Gasteiger charge is 2.51. The third kappa shape index (κ3) is 31.7. The molecule has 66 heavy (non-hydrogen) atoms. The van der Waals surface area contributed by atoms with Crippen LogP contribution in [0.2, 0.25) is 0 Å². The number of esters is 2. The second-order valence-corrected chi connectivity index (χ2v) is 17.9. The molecule has 0 amide bonds. The summed E-state index contributed by atoms with van der Waals surface area (Å²) in [5, 5.41) is 60.5. The number of hydrogen-bond donors (Lipinski definition) is 7. The van der Waals surface area contributed by atoms with Crippen LogP contribution in [0.1, 0.15) is 149 Å². The second-order valence-electron chi connectivity index (χ2n) is 16.5. The fourth-order valence-electron chi connectivity index (χ4n) is 6.57. The third-order valence-electron chi connectivity index (χ3n) is 10.5. The van der Waals surface area contributed by atoms with Crippen LogP contribution in [0, 0.1) is 0 Å². The Hall–Kier alpha value is -3.27. The van der Waals surface area contributed by atoms with E-state index in [0.29, 0.717) is 12.8 Å². The van der Waals surface area contributed by atoms with Crippen molar-refractivity contribution in [2.45, 2.75) is 198 Å². The second kappa shape index (κ2) is 39.7. The lowest BCUT2D eigenvalue weighted by molar-refractivity contribution is -0.220. The number of rotatable bonds is 38. The molecule has 0 saturated heterocycles. The minimum Gasteiger partial charge on any atom is -0.462 e. The van der Waals surface area contributed by atoms with Crippen molar-refractivity contribution in [1.82, 2.24) is 0 Å². The van der Waals surface area contributed by atoms with Gasteiger partial charge in [0.15, 0.2) is 6.10 Å². The number of phosphoric acid groups is 1. The van der Waals surface area contributed by atoms with Gasteiger partial charge in [-0.2, -0.15) is 0 Å². The van der Waals surface area contributed by atoms with Crippen LogP contribution >= 0.6 is 7.82 Å². The number of ether oxygens (including phenoxy) is 2. The van der Waals surface area contributed by atoms with Crippen molar-refractivity contribution in [2.75, 3.05) is 13.2 Å². The van der Waals surface area contributed by atoms with Gasteiger partial charge < -0.3 is 45.0 Å². The van der Waals surface area contributed by atoms with E-state index < -0.39 is 81.8 Å². The topological polar surface area (TPSA) is 230 Å². The monoisotopic (exact) mass is 951 g/mol. The molecule has 9 atom stereocenters. The van der Waals surface area contributed by atoms with E-state index in [2.05, 4.69) is 68.5 Å². The van der Waals surface area contributed by atoms with E-state index >= 15 is 0 Å². The summed E-state index contributed by atoms with van der Waals surface area (Å²) >= 11 is 0. The van der Waals surface area contributed by atoms with Crippen molar-refractivity contribution in [3.8, 4) is 0 Å². The van der Waals surface area contributed by atoms with Crippen molar-refractivity contribution in [2.24, 2.45) is 0 Å². The number of allylic oxidation sites excluding steroid dienone is 15. The smallest absolute Gasteiger partial charge is 0.462 e. The fraction of sp³-hybridized carbons (Fsp3) is 0.647. The van der Waals surface area contributed by atoms with E-state index in [1.165, 1.54) is 57.8 Å². The Morgan fingerprint density at radius 3 is 1.59 bits per heavy atom. The molecule has 4 unspecified atom stereocenters. The minimum absolute atomic E-state index is 0.00123. The number of phosphoric ester groups is 1. The number of hydrogen-bond acceptors (Lipinski definition) is 13. The lowest BCUT2D eigenvalue weighted by Gasteiger charge is -2.41. The van der Waals surface area contributed by atoms with Gasteiger partial charge in [-0.1, -0.05) is 156 Å². The van der Waals surface area contributed by atoms with Gasteiger partial charge in [0.1, 0.15) is 43.2 Å². The van der Waals surface area contributed by atoms with Crippen LogP contribution < -0.4 is 0 Å². The average Bonchev–Trinajstić information content (AvgIpc) is 3.29. The largest absolute Gasteiger partial charge is 0.472 e. The maximum absolute atomic E-state index is 12.8. The van der Waals surface area contributed by atoms with Gasteiger partial charge in [-0.3, -0.25) is 18.6 Å². The van der Waals surface area contributed by atoms with E-state index in [9.17, 15) is 49.7 Å². The van der Waals surface area contributed by atoms with Crippen LogP contribution in [0.15, 0.2) is 97.2 Å². The van der Waals surface area contributed by atoms with Gasteiger partial charge in [-0.15, -0.1) is 0 Å². The van der Waals surface area contributed by atoms with Crippen molar-refractivity contribution in [1.29, 1.82) is 0 Å². The predicted molar refractivity (Wildman–Crippen MR) is 259 cm³/mol. The summed E-state index contributed by atoms with van der Waals surface area (Å²) in [6, 6.07) is 0. The van der Waals surface area contributed by atoms with Gasteiger partial charge in [0.25, 0.3) is 0 Å². The molecule has 14 nitrogen and oxygen atoms in total. The van der Waals surface area contributed by atoms with E-state index in [4.69, 9.17) is 18.5 Å². The average molecular weight is 951 g/mol. The van der Waals surface area contributed by atoms with Crippen molar-refractivity contribution < 1.29 is 68.2 Å². The molecule has 1 saturated carbocycles. The zero-order valence-electron chi connectivity index (χ0n) is 39.6. The van der Waals surface area contributed by atoms with Gasteiger partial charge in [0.2, 0.25) is 0 Å². The first kappa shape index (κ1) is 60.7. The van der Waals surface area contributed by atoms with Crippen LogP contribution in [-0.2, 0) is 32.7 Å². The van der Waals surface area contributed by atoms with E-state index in [1.54, 1.807) is 12.2 Å². The molecule has 0 aromatic rings. The van der Waals surface area contributed by atoms with E-state index in [1.807, 2.05) is 30.4 Å². The molecule has 0 aliphatic heterocycles. The first-order valence-electron chi connectivity index (χ1n) is 24.1. The number of aliphatic hydroxyl groups is 6. The molecule has 1 fully saturated rings. The summed E-state index contributed by atoms with van der Waals surface area (Å²) in [5.41, 5.74) is 0. The Kier molecular flexibility index (Phi) is 36.5. The Morgan fingerprint density at radius 1 is 0.545 bits per heavy atom. The fourth-order valence-corrected chi connectivity index (χ4v) is 7.54. The summed E-state index contributed by atoms with van der Waals surface area (Å²) in [4.78, 5) is 35.7. The van der Waals surface area contributed by atoms with Crippen molar-refractivity contribution >= 4 is 19.8 Å². The SMILES string of the molecule is CCCCC/C=C\C/C=C\C/C=C\C/C=C\C/C=C\CCC(=O)OC[C@H](COP(=O)(O)OC1[C@H](O)[C@H](O)C(O)[C@H](O)[C@H]1O)OC(=O)CCCC(O)/C=C/C=C/C/C=C/CCCCCCCC. The summed E-state index contributed by atoms with van der Waals surface area (Å²) in [6.45, 7) is 3.03. The van der Waals surface area contributed by atoms with Gasteiger partial charge in [0.05, 0.1) is 12.7 Å². The first-order chi connectivity index (χ1) is 31.8. The van der Waals surface area contributed by atoms with E-state index in [-0.39, 0.29) is 25.7 Å². The number of carbonyl (C=O) groups is 2. The summed E-state index contributed by atoms with van der Waals surface area (Å²) in [6.07, 6.45) is 36.3. The molecule has 7 N–H and O–H groups in total. The molecule has 1 aliphatic carbocycles. The lowest BCUT2D eigenvalue weighted by Crippen LogP contribution is -2.64. The molecule has 0 aromatic heterocycles. The highest BCUT2D eigenvalue weighted by molar-refractivity contribution is 7.47. The van der Waals surface area contributed by atoms with Gasteiger partial charge in [-0.25, -0.2) is 4.57 Å². The normalized spacial score (nSPS) is 22.6. The van der Waals surface area contributed by atoms with Crippen LogP contribution in [0.5, 0.6) is 0 Å². The standard InChI is InChI=1S/C51H83O14P/c1-3-5-7-9-11-13-15-17-18-19-20-21-22-24-26-28-30-32-34-38-44(53)62-40-43(41-63-66(60,61)65-51-49(58)47(56)46(55)48(57)50(51)59)64-45(54)39-35-37-42(52)36-33-31-29-27-25-23-16-14-12-10-8-6-4-2/h11,13,17-18,20-21,23-26,29-33,36,42-43,46-52,55-59H,3-10,12,14-16,19,22,27-28,34-35,37-41H2,1-2H3,(H,60,61)/b13-11-,18-17-,21-20-,25-23+,26-24-,31-29+,32-30-,36-33+/t42?,43-,46?,47-,48+,49-,50-,51?/m1/s1. The molecular weight excluding hydrogens is 868 g/mol. The quantitative estimate of drug-likeness (QED) is 0.0101. The molecule has 1 aliphatic rings. The highest BCUT2D eigenvalue weighted by atomic mass is 31.2. The molecule has 0 bridgehead atoms. The van der Waals surface area contributed by atoms with Crippen LogP contribution in [0.4, 0.5) is 0 Å². The van der Waals surface area contributed by atoms with Crippen LogP contribution in [0.25, 0.3) is 0 Å². The maximum Gasteiger partial charge on any atom is 0.472 e. The molecule has 0 aromatic carbocycles. The van der Waals surface area contributed by atoms with E-state index in [0.717, 1.165) is 38.5 Å². The van der Waals surface area contributed by atoms with Crippen LogP contribution in [0.3, 0.4) is 0 Å². The zero-order chi connectivity index (χ0) is 48.7. The number of unbranched alkanes of at least 4 members (excludes halogenated alkanes) is 9. The maximum atomic E-state index is 12.8. The highest BCUT2D eigenvalue weighted by Crippen LogP contribution is 2.47. The molecule has 15 heteroatoms. The first-order valence-corrected chi connectivity index (χ1v) is 25.6.